The summed E-state index contributed by atoms with van der Waals surface area (Å²) in [7, 11) is 0. The van der Waals surface area contributed by atoms with Gasteiger partial charge in [0.05, 0.1) is 6.54 Å². The largest absolute Gasteiger partial charge is 0.465 e. The molecule has 2 heterocycles. The molecule has 6 heteroatoms. The van der Waals surface area contributed by atoms with Gasteiger partial charge in [-0.1, -0.05) is 0 Å². The zero-order chi connectivity index (χ0) is 11.8. The molecule has 2 saturated heterocycles. The summed E-state index contributed by atoms with van der Waals surface area (Å²) in [5.74, 6) is 0. The van der Waals surface area contributed by atoms with E-state index < -0.39 is 12.5 Å². The van der Waals surface area contributed by atoms with Crippen LogP contribution in [0.5, 0.6) is 0 Å². The number of likely N-dealkylation sites (tertiary alicyclic amines) is 2. The fourth-order valence-electron chi connectivity index (χ4n) is 2.72. The van der Waals surface area contributed by atoms with E-state index in [0.717, 1.165) is 12.8 Å². The average Bonchev–Trinajstić information content (AvgIpc) is 2.15. The van der Waals surface area contributed by atoms with Crippen molar-refractivity contribution in [3.63, 3.8) is 0 Å². The number of hydrogen-bond donors (Lipinski definition) is 1. The summed E-state index contributed by atoms with van der Waals surface area (Å²) in [6, 6.07) is 0. The van der Waals surface area contributed by atoms with Crippen LogP contribution in [-0.2, 0) is 0 Å². The maximum absolute atomic E-state index is 12.1. The third kappa shape index (κ3) is 2.26. The summed E-state index contributed by atoms with van der Waals surface area (Å²) in [6.07, 6.45) is -1.53. The van der Waals surface area contributed by atoms with Crippen LogP contribution in [0.3, 0.4) is 0 Å². The Morgan fingerprint density at radius 2 is 1.88 bits per heavy atom. The molecule has 2 rings (SSSR count). The van der Waals surface area contributed by atoms with Gasteiger partial charge in [-0.2, -0.15) is 0 Å². The maximum Gasteiger partial charge on any atom is 0.407 e. The Bertz CT molecular complexity index is 270. The van der Waals surface area contributed by atoms with Crippen molar-refractivity contribution in [1.29, 1.82) is 0 Å². The van der Waals surface area contributed by atoms with Crippen molar-refractivity contribution in [3.05, 3.63) is 0 Å². The predicted octanol–water partition coefficient (Wildman–Crippen LogP) is 1.33. The normalized spacial score (nSPS) is 24.8. The average molecular weight is 234 g/mol. The molecule has 2 fully saturated rings. The van der Waals surface area contributed by atoms with Gasteiger partial charge < -0.3 is 10.0 Å². The number of carboxylic acid groups (broad SMARTS) is 1. The number of piperidine rings is 1. The molecule has 0 bridgehead atoms. The summed E-state index contributed by atoms with van der Waals surface area (Å²) < 4.78 is 24.2. The zero-order valence-corrected chi connectivity index (χ0v) is 9.03. The minimum Gasteiger partial charge on any atom is -0.465 e. The fourth-order valence-corrected chi connectivity index (χ4v) is 2.72. The van der Waals surface area contributed by atoms with Crippen LogP contribution in [0.4, 0.5) is 13.6 Å². The molecule has 1 amide bonds. The Hall–Kier alpha value is -0.910. The third-order valence-corrected chi connectivity index (χ3v) is 3.61. The molecule has 0 aromatic carbocycles. The molecular weight excluding hydrogens is 218 g/mol. The van der Waals surface area contributed by atoms with Gasteiger partial charge in [0.1, 0.15) is 0 Å². The van der Waals surface area contributed by atoms with Crippen molar-refractivity contribution >= 4 is 6.09 Å². The Kier molecular flexibility index (Phi) is 3.01. The second kappa shape index (κ2) is 4.16. The Morgan fingerprint density at radius 1 is 1.31 bits per heavy atom. The second-order valence-electron chi connectivity index (χ2n) is 4.83. The number of halogens is 2. The SMILES string of the molecule is O=C(O)N1CCC2(CC1)CN(CC(F)F)C2. The molecular formula is C10H16F2N2O2. The van der Waals surface area contributed by atoms with E-state index in [-0.39, 0.29) is 12.0 Å². The van der Waals surface area contributed by atoms with E-state index in [0.29, 0.717) is 26.2 Å². The van der Waals surface area contributed by atoms with Crippen LogP contribution in [0.15, 0.2) is 0 Å². The standard InChI is InChI=1S/C10H16F2N2O2/c11-8(12)5-13-6-10(7-13)1-3-14(4-2-10)9(15)16/h8H,1-7H2,(H,15,16). The smallest absolute Gasteiger partial charge is 0.407 e. The molecule has 92 valence electrons. The highest BCUT2D eigenvalue weighted by atomic mass is 19.3. The molecule has 0 atom stereocenters. The summed E-state index contributed by atoms with van der Waals surface area (Å²) >= 11 is 0. The Morgan fingerprint density at radius 3 is 2.31 bits per heavy atom. The van der Waals surface area contributed by atoms with E-state index >= 15 is 0 Å². The van der Waals surface area contributed by atoms with Gasteiger partial charge in [-0.25, -0.2) is 13.6 Å². The van der Waals surface area contributed by atoms with Gasteiger partial charge in [0.25, 0.3) is 6.43 Å². The highest BCUT2D eigenvalue weighted by Crippen LogP contribution is 2.40. The summed E-state index contributed by atoms with van der Waals surface area (Å²) in [4.78, 5) is 13.9. The number of hydrogen-bond acceptors (Lipinski definition) is 2. The van der Waals surface area contributed by atoms with E-state index in [1.807, 2.05) is 0 Å². The van der Waals surface area contributed by atoms with E-state index in [1.165, 1.54) is 4.90 Å². The zero-order valence-electron chi connectivity index (χ0n) is 9.03. The number of alkyl halides is 2. The summed E-state index contributed by atoms with van der Waals surface area (Å²) in [5, 5.41) is 8.79. The Balaban J connectivity index is 1.76. The monoisotopic (exact) mass is 234 g/mol. The molecule has 1 N–H and O–H groups in total. The number of rotatable bonds is 2. The molecule has 16 heavy (non-hydrogen) atoms. The van der Waals surface area contributed by atoms with E-state index in [2.05, 4.69) is 0 Å². The van der Waals surface area contributed by atoms with Crippen molar-refractivity contribution in [3.8, 4) is 0 Å². The van der Waals surface area contributed by atoms with Crippen LogP contribution in [-0.4, -0.2) is 60.1 Å². The first kappa shape index (κ1) is 11.6. The molecule has 2 aliphatic rings. The molecule has 0 radical (unpaired) electrons. The number of nitrogens with zero attached hydrogens (tertiary/aromatic N) is 2. The first-order valence-corrected chi connectivity index (χ1v) is 5.49. The molecule has 0 saturated carbocycles. The lowest BCUT2D eigenvalue weighted by Crippen LogP contribution is -2.61. The van der Waals surface area contributed by atoms with Crippen LogP contribution < -0.4 is 0 Å². The third-order valence-electron chi connectivity index (χ3n) is 3.61. The van der Waals surface area contributed by atoms with E-state index in [1.54, 1.807) is 4.90 Å². The van der Waals surface area contributed by atoms with Crippen LogP contribution in [0.1, 0.15) is 12.8 Å². The van der Waals surface area contributed by atoms with Gasteiger partial charge in [0, 0.05) is 26.2 Å². The van der Waals surface area contributed by atoms with E-state index in [9.17, 15) is 13.6 Å². The second-order valence-corrected chi connectivity index (χ2v) is 4.83. The lowest BCUT2D eigenvalue weighted by atomic mass is 9.72. The number of carbonyl (C=O) groups is 1. The lowest BCUT2D eigenvalue weighted by molar-refractivity contribution is -0.0652. The van der Waals surface area contributed by atoms with Crippen LogP contribution >= 0.6 is 0 Å². The highest BCUT2D eigenvalue weighted by molar-refractivity contribution is 5.65. The molecule has 0 aromatic heterocycles. The quantitative estimate of drug-likeness (QED) is 0.783. The first-order valence-electron chi connectivity index (χ1n) is 5.49. The van der Waals surface area contributed by atoms with Crippen molar-refractivity contribution in [2.45, 2.75) is 19.3 Å². The topological polar surface area (TPSA) is 43.8 Å². The van der Waals surface area contributed by atoms with Gasteiger partial charge >= 0.3 is 6.09 Å². The molecule has 1 spiro atoms. The van der Waals surface area contributed by atoms with Crippen molar-refractivity contribution in [2.75, 3.05) is 32.7 Å². The van der Waals surface area contributed by atoms with Crippen molar-refractivity contribution in [2.24, 2.45) is 5.41 Å². The summed E-state index contributed by atoms with van der Waals surface area (Å²) in [5.41, 5.74) is 0.112. The minimum atomic E-state index is -2.27. The van der Waals surface area contributed by atoms with Crippen molar-refractivity contribution < 1.29 is 18.7 Å². The molecule has 2 aliphatic heterocycles. The maximum atomic E-state index is 12.1. The predicted molar refractivity (Wildman–Crippen MR) is 53.7 cm³/mol. The van der Waals surface area contributed by atoms with Crippen LogP contribution in [0.2, 0.25) is 0 Å². The highest BCUT2D eigenvalue weighted by Gasteiger charge is 2.45. The van der Waals surface area contributed by atoms with Crippen LogP contribution in [0, 0.1) is 5.41 Å². The Labute approximate surface area is 92.8 Å². The first-order chi connectivity index (χ1) is 7.51. The molecule has 4 nitrogen and oxygen atoms in total. The van der Waals surface area contributed by atoms with Gasteiger partial charge in [-0.05, 0) is 18.3 Å². The molecule has 0 unspecified atom stereocenters. The van der Waals surface area contributed by atoms with E-state index in [4.69, 9.17) is 5.11 Å². The van der Waals surface area contributed by atoms with Crippen LogP contribution in [0.25, 0.3) is 0 Å². The van der Waals surface area contributed by atoms with Crippen molar-refractivity contribution in [1.82, 2.24) is 9.80 Å². The summed E-state index contributed by atoms with van der Waals surface area (Å²) in [6.45, 7) is 2.33. The van der Waals surface area contributed by atoms with Gasteiger partial charge in [-0.3, -0.25) is 4.90 Å². The number of amides is 1. The fraction of sp³-hybridized carbons (Fsp3) is 0.900. The minimum absolute atomic E-state index is 0.112. The van der Waals surface area contributed by atoms with Gasteiger partial charge in [0.2, 0.25) is 0 Å². The lowest BCUT2D eigenvalue weighted by Gasteiger charge is -2.53. The molecule has 0 aliphatic carbocycles. The van der Waals surface area contributed by atoms with Gasteiger partial charge in [0.15, 0.2) is 0 Å². The van der Waals surface area contributed by atoms with Gasteiger partial charge in [-0.15, -0.1) is 0 Å². The molecule has 0 aromatic rings.